The number of nitrogens with two attached hydrogens (primary N) is 1. The lowest BCUT2D eigenvalue weighted by Gasteiger charge is -2.46. The number of carbonyl (C=O) groups excluding carboxylic acids is 1. The van der Waals surface area contributed by atoms with Crippen molar-refractivity contribution in [1.29, 1.82) is 0 Å². The number of allylic oxidation sites excluding steroid dienone is 2. The highest BCUT2D eigenvalue weighted by Crippen LogP contribution is 2.56. The van der Waals surface area contributed by atoms with E-state index in [0.29, 0.717) is 10.6 Å². The number of aryl methyl sites for hydroxylation is 2. The second-order valence-corrected chi connectivity index (χ2v) is 13.2. The number of thiazole rings is 1. The number of fused-ring (bicyclic) bond motifs is 1. The Labute approximate surface area is 243 Å². The van der Waals surface area contributed by atoms with Crippen molar-refractivity contribution in [3.63, 3.8) is 0 Å². The Morgan fingerprint density at radius 2 is 1.93 bits per heavy atom. The largest absolute Gasteiger partial charge is 0.574 e. The summed E-state index contributed by atoms with van der Waals surface area (Å²) < 4.78 is 34.6. The topological polar surface area (TPSA) is 133 Å². The van der Waals surface area contributed by atoms with Crippen molar-refractivity contribution >= 4 is 49.7 Å². The molecule has 2 aliphatic carbocycles. The van der Waals surface area contributed by atoms with Gasteiger partial charge in [0.15, 0.2) is 22.5 Å². The van der Waals surface area contributed by atoms with Crippen molar-refractivity contribution in [2.24, 2.45) is 10.6 Å². The van der Waals surface area contributed by atoms with Gasteiger partial charge in [-0.15, -0.1) is 9.86 Å². The van der Waals surface area contributed by atoms with Crippen LogP contribution < -0.4 is 14.8 Å². The van der Waals surface area contributed by atoms with Crippen LogP contribution in [0.25, 0.3) is 27.0 Å². The number of nitrogens with zero attached hydrogens (tertiary/aromatic N) is 4. The van der Waals surface area contributed by atoms with Gasteiger partial charge in [-0.2, -0.15) is 0 Å². The molecule has 1 saturated carbocycles. The van der Waals surface area contributed by atoms with E-state index in [1.54, 1.807) is 6.07 Å². The average Bonchev–Trinajstić information content (AvgIpc) is 3.52. The van der Waals surface area contributed by atoms with E-state index < -0.39 is 23.3 Å². The van der Waals surface area contributed by atoms with Gasteiger partial charge < -0.3 is 14.0 Å². The Morgan fingerprint density at radius 3 is 2.59 bits per heavy atom. The highest BCUT2D eigenvalue weighted by Gasteiger charge is 2.44. The van der Waals surface area contributed by atoms with Crippen LogP contribution in [-0.2, 0) is 11.5 Å². The molecule has 41 heavy (non-hydrogen) atoms. The van der Waals surface area contributed by atoms with Crippen molar-refractivity contribution in [2.75, 3.05) is 18.0 Å². The Balaban J connectivity index is 1.11. The van der Waals surface area contributed by atoms with Crippen molar-refractivity contribution < 1.29 is 18.3 Å². The molecule has 1 aromatic carbocycles. The minimum Gasteiger partial charge on any atom is -0.574 e. The zero-order valence-electron chi connectivity index (χ0n) is 22.7. The first-order chi connectivity index (χ1) is 19.7. The number of pyridine rings is 1. The molecule has 12 heteroatoms. The Morgan fingerprint density at radius 1 is 1.22 bits per heavy atom. The minimum absolute atomic E-state index is 0.0598. The van der Waals surface area contributed by atoms with E-state index in [-0.39, 0.29) is 16.5 Å². The van der Waals surface area contributed by atoms with E-state index >= 15 is 0 Å². The predicted molar refractivity (Wildman–Crippen MR) is 157 cm³/mol. The van der Waals surface area contributed by atoms with Gasteiger partial charge in [-0.1, -0.05) is 22.6 Å². The first-order valence-electron chi connectivity index (χ1n) is 13.7. The summed E-state index contributed by atoms with van der Waals surface area (Å²) >= 11 is -0.670. The number of benzene rings is 1. The van der Waals surface area contributed by atoms with Crippen LogP contribution in [0, 0.1) is 25.1 Å². The van der Waals surface area contributed by atoms with E-state index in [9.17, 15) is 13.7 Å². The zero-order valence-corrected chi connectivity index (χ0v) is 24.3. The summed E-state index contributed by atoms with van der Waals surface area (Å²) in [5, 5.41) is 10.5. The molecule has 1 unspecified atom stereocenters. The summed E-state index contributed by atoms with van der Waals surface area (Å²) in [6.45, 7) is 5.75. The van der Waals surface area contributed by atoms with Gasteiger partial charge in [0.05, 0.1) is 4.70 Å². The van der Waals surface area contributed by atoms with Crippen molar-refractivity contribution in [2.45, 2.75) is 51.9 Å². The number of amides is 1. The third-order valence-electron chi connectivity index (χ3n) is 8.49. The van der Waals surface area contributed by atoms with Gasteiger partial charge in [-0.3, -0.25) is 9.78 Å². The van der Waals surface area contributed by atoms with Crippen molar-refractivity contribution in [3.05, 3.63) is 64.4 Å². The van der Waals surface area contributed by atoms with Gasteiger partial charge in [0.2, 0.25) is 0 Å². The molecule has 1 aliphatic heterocycles. The maximum Gasteiger partial charge on any atom is 0.293 e. The van der Waals surface area contributed by atoms with Crippen LogP contribution in [0.15, 0.2) is 35.1 Å². The van der Waals surface area contributed by atoms with Crippen LogP contribution in [0.3, 0.4) is 0 Å². The summed E-state index contributed by atoms with van der Waals surface area (Å²) in [6.07, 6.45) is 11.4. The van der Waals surface area contributed by atoms with E-state index in [0.717, 1.165) is 84.5 Å². The summed E-state index contributed by atoms with van der Waals surface area (Å²) in [6, 6.07) is 2.66. The molecule has 1 saturated heterocycles. The van der Waals surface area contributed by atoms with Gasteiger partial charge in [-0.25, -0.2) is 9.37 Å². The van der Waals surface area contributed by atoms with Gasteiger partial charge in [0, 0.05) is 48.1 Å². The van der Waals surface area contributed by atoms with Gasteiger partial charge in [0.1, 0.15) is 17.0 Å². The number of hydrogen-bond acceptors (Lipinski definition) is 9. The van der Waals surface area contributed by atoms with E-state index in [1.807, 2.05) is 12.4 Å². The third kappa shape index (κ3) is 4.72. The molecule has 3 N–H and O–H groups in total. The lowest BCUT2D eigenvalue weighted by atomic mass is 9.63. The highest BCUT2D eigenvalue weighted by atomic mass is 32.2. The summed E-state index contributed by atoms with van der Waals surface area (Å²) in [5.74, 6) is 0.200. The number of nitrogens with one attached hydrogen (secondary N) is 1. The molecule has 0 radical (unpaired) electrons. The van der Waals surface area contributed by atoms with Crippen LogP contribution in [0.4, 0.5) is 9.52 Å². The monoisotopic (exact) mass is 592 g/mol. The fourth-order valence-electron chi connectivity index (χ4n) is 6.22. The normalized spacial score (nSPS) is 18.9. The molecule has 9 nitrogen and oxygen atoms in total. The Hall–Kier alpha value is -3.32. The molecule has 7 rings (SSSR count). The highest BCUT2D eigenvalue weighted by molar-refractivity contribution is 7.87. The Bertz CT molecular complexity index is 1700. The molecule has 1 amide bonds. The standard InChI is InChI=1S/C29H29FN6O3S2/c1-15-13-32-14-16(2)22(15)25-23(26(39-34-25)17-3-4-17)19-11-29(12-19)5-7-36(8-6-29)28-33-24-20(30)9-18(10-21(24)40-28)27(37)35-41(31)38/h9-11,13-14,17H,3-8,12,31H2,1-2H3,(H,35,37). The number of carbonyl (C=O) groups is 1. The summed E-state index contributed by atoms with van der Waals surface area (Å²) in [7, 11) is 0. The predicted octanol–water partition coefficient (Wildman–Crippen LogP) is 5.32. The summed E-state index contributed by atoms with van der Waals surface area (Å²) in [4.78, 5) is 23.3. The maximum atomic E-state index is 14.8. The second-order valence-electron chi connectivity index (χ2n) is 11.4. The van der Waals surface area contributed by atoms with E-state index in [1.165, 1.54) is 22.5 Å². The number of rotatable bonds is 6. The smallest absolute Gasteiger partial charge is 0.293 e. The lowest BCUT2D eigenvalue weighted by molar-refractivity contribution is 0.0981. The number of halogens is 1. The zero-order chi connectivity index (χ0) is 28.5. The van der Waals surface area contributed by atoms with Crippen LogP contribution in [0.2, 0.25) is 0 Å². The first kappa shape index (κ1) is 26.6. The molecule has 0 bridgehead atoms. The first-order valence-corrected chi connectivity index (χ1v) is 15.7. The third-order valence-corrected chi connectivity index (χ3v) is 9.94. The quantitative estimate of drug-likeness (QED) is 0.288. The SMILES string of the molecule is Cc1cncc(C)c1-c1noc(C2CC2)c1C1=CC2(CCN(c3nc4c(F)cc(C(=O)N[S+](N)[O-])cc4s3)CC2)C1. The molecule has 3 aliphatic rings. The molecular weight excluding hydrogens is 563 g/mol. The minimum atomic E-state index is -2.02. The number of anilines is 1. The average molecular weight is 593 g/mol. The van der Waals surface area contributed by atoms with Gasteiger partial charge in [0.25, 0.3) is 5.91 Å². The van der Waals surface area contributed by atoms with Crippen LogP contribution in [0.5, 0.6) is 0 Å². The molecule has 3 aromatic heterocycles. The number of hydrogen-bond donors (Lipinski definition) is 2. The molecule has 4 aromatic rings. The number of piperidine rings is 1. The summed E-state index contributed by atoms with van der Waals surface area (Å²) in [5.41, 5.74) is 7.15. The van der Waals surface area contributed by atoms with Crippen molar-refractivity contribution in [1.82, 2.24) is 19.8 Å². The van der Waals surface area contributed by atoms with Gasteiger partial charge in [-0.05, 0) is 80.2 Å². The van der Waals surface area contributed by atoms with Crippen LogP contribution in [-0.4, -0.2) is 38.7 Å². The molecule has 212 valence electrons. The van der Waals surface area contributed by atoms with Crippen LogP contribution >= 0.6 is 11.3 Å². The lowest BCUT2D eigenvalue weighted by Crippen LogP contribution is -2.42. The molecule has 4 heterocycles. The maximum absolute atomic E-state index is 14.8. The molecular formula is C29H29FN6O3S2. The fourth-order valence-corrected chi connectivity index (χ4v) is 7.59. The van der Waals surface area contributed by atoms with E-state index in [2.05, 4.69) is 44.7 Å². The second kappa shape index (κ2) is 9.90. The molecule has 1 spiro atoms. The van der Waals surface area contributed by atoms with Crippen LogP contribution in [0.1, 0.15) is 70.8 Å². The number of aromatic nitrogens is 3. The fraction of sp³-hybridized carbons (Fsp3) is 0.379. The van der Waals surface area contributed by atoms with Crippen molar-refractivity contribution in [3.8, 4) is 11.3 Å². The molecule has 1 atom stereocenters. The van der Waals surface area contributed by atoms with E-state index in [4.69, 9.17) is 9.66 Å². The molecule has 2 fully saturated rings. The van der Waals surface area contributed by atoms with Gasteiger partial charge >= 0.3 is 0 Å². The Kier molecular flexibility index (Phi) is 6.42.